The minimum absolute atomic E-state index is 0.0500. The van der Waals surface area contributed by atoms with Crippen LogP contribution < -0.4 is 0 Å². The van der Waals surface area contributed by atoms with Crippen LogP contribution >= 0.6 is 0 Å². The van der Waals surface area contributed by atoms with Gasteiger partial charge in [-0.15, -0.1) is 13.2 Å². The van der Waals surface area contributed by atoms with Crippen molar-refractivity contribution in [3.63, 3.8) is 0 Å². The molecule has 0 aromatic carbocycles. The molecule has 0 heterocycles. The largest absolute Gasteiger partial charge is 0.508 e. The number of ether oxygens (including phenoxy) is 2. The smallest absolute Gasteiger partial charge is 0.434 e. The Labute approximate surface area is 124 Å². The molecule has 3 nitrogen and oxygen atoms in total. The third kappa shape index (κ3) is 9.65. The molecule has 0 aliphatic heterocycles. The van der Waals surface area contributed by atoms with Gasteiger partial charge in [0.15, 0.2) is 0 Å². The number of rotatable bonds is 10. The van der Waals surface area contributed by atoms with Crippen LogP contribution in [0.1, 0.15) is 53.4 Å². The van der Waals surface area contributed by atoms with E-state index in [1.165, 1.54) is 0 Å². The minimum atomic E-state index is -0.580. The van der Waals surface area contributed by atoms with Crippen molar-refractivity contribution < 1.29 is 14.3 Å². The molecule has 0 radical (unpaired) electrons. The molecule has 0 aromatic heterocycles. The maximum Gasteiger partial charge on any atom is 0.508 e. The molecule has 116 valence electrons. The summed E-state index contributed by atoms with van der Waals surface area (Å²) in [7, 11) is 0. The van der Waals surface area contributed by atoms with Gasteiger partial charge in [0.05, 0.1) is 0 Å². The second-order valence-corrected chi connectivity index (χ2v) is 6.81. The molecule has 0 aliphatic carbocycles. The molecular weight excluding hydrogens is 252 g/mol. The molecule has 0 atom stereocenters. The molecule has 0 aliphatic rings. The summed E-state index contributed by atoms with van der Waals surface area (Å²) in [6.07, 6.45) is 6.89. The lowest BCUT2D eigenvalue weighted by atomic mass is 9.89. The average Bonchev–Trinajstić information content (AvgIpc) is 2.39. The SMILES string of the molecule is C=CCCC(C)(C)COC(=O)OCC(C)(C)CCC=C. The molecule has 0 amide bonds. The molecule has 20 heavy (non-hydrogen) atoms. The third-order valence-corrected chi connectivity index (χ3v) is 3.21. The van der Waals surface area contributed by atoms with E-state index in [0.717, 1.165) is 25.7 Å². The first kappa shape index (κ1) is 18.8. The van der Waals surface area contributed by atoms with E-state index in [0.29, 0.717) is 13.2 Å². The monoisotopic (exact) mass is 282 g/mol. The van der Waals surface area contributed by atoms with Crippen LogP contribution in [0.25, 0.3) is 0 Å². The van der Waals surface area contributed by atoms with Crippen LogP contribution in [0.5, 0.6) is 0 Å². The Morgan fingerprint density at radius 1 is 0.900 bits per heavy atom. The van der Waals surface area contributed by atoms with Crippen molar-refractivity contribution in [2.45, 2.75) is 53.4 Å². The Balaban J connectivity index is 3.99. The van der Waals surface area contributed by atoms with Gasteiger partial charge in [0.2, 0.25) is 0 Å². The first-order valence-corrected chi connectivity index (χ1v) is 7.24. The summed E-state index contributed by atoms with van der Waals surface area (Å²) < 4.78 is 10.4. The summed E-state index contributed by atoms with van der Waals surface area (Å²) in [6, 6.07) is 0. The average molecular weight is 282 g/mol. The lowest BCUT2D eigenvalue weighted by Gasteiger charge is -2.25. The van der Waals surface area contributed by atoms with Gasteiger partial charge < -0.3 is 9.47 Å². The minimum Gasteiger partial charge on any atom is -0.434 e. The highest BCUT2D eigenvalue weighted by molar-refractivity contribution is 5.59. The molecular formula is C17H30O3. The third-order valence-electron chi connectivity index (χ3n) is 3.21. The van der Waals surface area contributed by atoms with Crippen LogP contribution in [-0.4, -0.2) is 19.4 Å². The van der Waals surface area contributed by atoms with E-state index in [9.17, 15) is 4.79 Å². The molecule has 0 rings (SSSR count). The molecule has 0 fully saturated rings. The van der Waals surface area contributed by atoms with Crippen molar-refractivity contribution in [2.24, 2.45) is 10.8 Å². The van der Waals surface area contributed by atoms with Crippen LogP contribution in [0.15, 0.2) is 25.3 Å². The Morgan fingerprint density at radius 3 is 1.55 bits per heavy atom. The van der Waals surface area contributed by atoms with Crippen LogP contribution in [0.2, 0.25) is 0 Å². The summed E-state index contributed by atoms with van der Waals surface area (Å²) in [5.74, 6) is 0. The van der Waals surface area contributed by atoms with Gasteiger partial charge in [0, 0.05) is 0 Å². The molecule has 0 aromatic rings. The highest BCUT2D eigenvalue weighted by Gasteiger charge is 2.22. The van der Waals surface area contributed by atoms with Crippen molar-refractivity contribution >= 4 is 6.16 Å². The van der Waals surface area contributed by atoms with Gasteiger partial charge in [-0.25, -0.2) is 4.79 Å². The van der Waals surface area contributed by atoms with Gasteiger partial charge in [-0.05, 0) is 36.5 Å². The molecule has 0 spiro atoms. The lowest BCUT2D eigenvalue weighted by molar-refractivity contribution is 0.00798. The fourth-order valence-corrected chi connectivity index (χ4v) is 1.68. The van der Waals surface area contributed by atoms with Crippen LogP contribution in [-0.2, 0) is 9.47 Å². The second-order valence-electron chi connectivity index (χ2n) is 6.81. The molecule has 3 heteroatoms. The number of hydrogen-bond acceptors (Lipinski definition) is 3. The number of allylic oxidation sites excluding steroid dienone is 2. The van der Waals surface area contributed by atoms with Crippen LogP contribution in [0.4, 0.5) is 4.79 Å². The van der Waals surface area contributed by atoms with Crippen molar-refractivity contribution in [3.8, 4) is 0 Å². The Kier molecular flexibility index (Phi) is 8.28. The van der Waals surface area contributed by atoms with Gasteiger partial charge in [-0.1, -0.05) is 39.8 Å². The van der Waals surface area contributed by atoms with Gasteiger partial charge in [-0.2, -0.15) is 0 Å². The van der Waals surface area contributed by atoms with E-state index < -0.39 is 6.16 Å². The maximum absolute atomic E-state index is 11.6. The fourth-order valence-electron chi connectivity index (χ4n) is 1.68. The number of carbonyl (C=O) groups is 1. The van der Waals surface area contributed by atoms with Crippen molar-refractivity contribution in [1.29, 1.82) is 0 Å². The topological polar surface area (TPSA) is 35.5 Å². The highest BCUT2D eigenvalue weighted by Crippen LogP contribution is 2.24. The fraction of sp³-hybridized carbons (Fsp3) is 0.706. The Morgan fingerprint density at radius 2 is 1.25 bits per heavy atom. The quantitative estimate of drug-likeness (QED) is 0.412. The highest BCUT2D eigenvalue weighted by atomic mass is 16.7. The summed E-state index contributed by atoms with van der Waals surface area (Å²) in [4.78, 5) is 11.6. The van der Waals surface area contributed by atoms with E-state index in [1.807, 2.05) is 12.2 Å². The predicted molar refractivity (Wildman–Crippen MR) is 83.7 cm³/mol. The van der Waals surface area contributed by atoms with E-state index >= 15 is 0 Å². The van der Waals surface area contributed by atoms with E-state index in [1.54, 1.807) is 0 Å². The predicted octanol–water partition coefficient (Wildman–Crippen LogP) is 5.12. The van der Waals surface area contributed by atoms with E-state index in [4.69, 9.17) is 9.47 Å². The zero-order valence-electron chi connectivity index (χ0n) is 13.5. The number of carbonyl (C=O) groups excluding carboxylic acids is 1. The standard InChI is InChI=1S/C17H30O3/c1-7-9-11-16(3,4)13-19-15(18)20-14-17(5,6)12-10-8-2/h7-8H,1-2,9-14H2,3-6H3. The van der Waals surface area contributed by atoms with Gasteiger partial charge in [-0.3, -0.25) is 0 Å². The Hall–Kier alpha value is -1.25. The summed E-state index contributed by atoms with van der Waals surface area (Å²) in [5.41, 5.74) is -0.100. The molecule has 0 unspecified atom stereocenters. The van der Waals surface area contributed by atoms with Crippen LogP contribution in [0.3, 0.4) is 0 Å². The van der Waals surface area contributed by atoms with Crippen molar-refractivity contribution in [3.05, 3.63) is 25.3 Å². The van der Waals surface area contributed by atoms with Gasteiger partial charge in [0.25, 0.3) is 0 Å². The Bertz CT molecular complexity index is 286. The van der Waals surface area contributed by atoms with Crippen molar-refractivity contribution in [2.75, 3.05) is 13.2 Å². The van der Waals surface area contributed by atoms with E-state index in [2.05, 4.69) is 40.9 Å². The maximum atomic E-state index is 11.6. The second kappa shape index (κ2) is 8.83. The summed E-state index contributed by atoms with van der Waals surface area (Å²) >= 11 is 0. The first-order valence-electron chi connectivity index (χ1n) is 7.24. The summed E-state index contributed by atoms with van der Waals surface area (Å²) in [6.45, 7) is 16.4. The molecule has 0 N–H and O–H groups in total. The zero-order valence-corrected chi connectivity index (χ0v) is 13.5. The first-order chi connectivity index (χ1) is 9.22. The van der Waals surface area contributed by atoms with Gasteiger partial charge in [0.1, 0.15) is 13.2 Å². The van der Waals surface area contributed by atoms with E-state index in [-0.39, 0.29) is 10.8 Å². The molecule has 0 bridgehead atoms. The lowest BCUT2D eigenvalue weighted by Crippen LogP contribution is -2.25. The summed E-state index contributed by atoms with van der Waals surface area (Å²) in [5, 5.41) is 0. The van der Waals surface area contributed by atoms with Crippen LogP contribution in [0, 0.1) is 10.8 Å². The van der Waals surface area contributed by atoms with Crippen molar-refractivity contribution in [1.82, 2.24) is 0 Å². The van der Waals surface area contributed by atoms with Gasteiger partial charge >= 0.3 is 6.16 Å². The normalized spacial score (nSPS) is 11.8. The number of hydrogen-bond donors (Lipinski definition) is 0. The molecule has 0 saturated carbocycles. The zero-order chi connectivity index (χ0) is 15.6. The molecule has 0 saturated heterocycles.